The predicted molar refractivity (Wildman–Crippen MR) is 94.5 cm³/mol. The van der Waals surface area contributed by atoms with Gasteiger partial charge >= 0.3 is 5.97 Å². The molecular weight excluding hydrogens is 342 g/mol. The van der Waals surface area contributed by atoms with Crippen molar-refractivity contribution in [2.24, 2.45) is 21.7 Å². The maximum absolute atomic E-state index is 12.2. The predicted octanol–water partition coefficient (Wildman–Crippen LogP) is 1.43. The Morgan fingerprint density at radius 3 is 2.62 bits per heavy atom. The number of ether oxygens (including phenoxy) is 2. The van der Waals surface area contributed by atoms with Gasteiger partial charge in [-0.05, 0) is 29.8 Å². The standard InChI is InChI=1S/C16H15N5O5/c1-25-14-7-10(9-19-20-16(17)18)5-6-13(14)26-15(22)11-3-2-4-12(8-11)21(23)24/h2-9H,1H3,(H4,17,18,20)/b19-9+. The van der Waals surface area contributed by atoms with Gasteiger partial charge in [-0.25, -0.2) is 4.79 Å². The van der Waals surface area contributed by atoms with Crippen molar-refractivity contribution in [2.45, 2.75) is 0 Å². The second-order valence-electron chi connectivity index (χ2n) is 4.88. The van der Waals surface area contributed by atoms with Crippen molar-refractivity contribution in [1.29, 1.82) is 0 Å². The number of methoxy groups -OCH3 is 1. The minimum absolute atomic E-state index is 0.0413. The molecule has 0 aliphatic rings. The summed E-state index contributed by atoms with van der Waals surface area (Å²) in [6, 6.07) is 9.87. The molecule has 10 nitrogen and oxygen atoms in total. The quantitative estimate of drug-likeness (QED) is 0.198. The molecule has 4 N–H and O–H groups in total. The molecule has 0 aliphatic carbocycles. The van der Waals surface area contributed by atoms with Crippen LogP contribution in [0.3, 0.4) is 0 Å². The first kappa shape index (κ1) is 18.4. The molecule has 2 aromatic carbocycles. The molecule has 0 bridgehead atoms. The molecule has 0 atom stereocenters. The highest BCUT2D eigenvalue weighted by atomic mass is 16.6. The number of rotatable bonds is 6. The zero-order valence-corrected chi connectivity index (χ0v) is 13.7. The lowest BCUT2D eigenvalue weighted by atomic mass is 10.2. The molecule has 0 aromatic heterocycles. The number of nitro groups is 1. The van der Waals surface area contributed by atoms with Crippen molar-refractivity contribution >= 4 is 23.8 Å². The first-order valence-electron chi connectivity index (χ1n) is 7.17. The average Bonchev–Trinajstić information content (AvgIpc) is 2.62. The molecule has 0 fully saturated rings. The number of carbonyl (C=O) groups excluding carboxylic acids is 1. The third-order valence-electron chi connectivity index (χ3n) is 3.06. The number of guanidine groups is 1. The van der Waals surface area contributed by atoms with Crippen LogP contribution in [0.5, 0.6) is 11.5 Å². The Kier molecular flexibility index (Phi) is 5.83. The van der Waals surface area contributed by atoms with E-state index in [0.29, 0.717) is 5.56 Å². The first-order chi connectivity index (χ1) is 12.4. The van der Waals surface area contributed by atoms with Crippen LogP contribution in [0.4, 0.5) is 5.69 Å². The summed E-state index contributed by atoms with van der Waals surface area (Å²) in [4.78, 5) is 22.4. The van der Waals surface area contributed by atoms with Crippen molar-refractivity contribution in [3.8, 4) is 11.5 Å². The maximum atomic E-state index is 12.2. The van der Waals surface area contributed by atoms with Gasteiger partial charge < -0.3 is 20.9 Å². The van der Waals surface area contributed by atoms with Crippen LogP contribution in [-0.2, 0) is 0 Å². The van der Waals surface area contributed by atoms with E-state index in [9.17, 15) is 14.9 Å². The molecule has 134 valence electrons. The zero-order valence-electron chi connectivity index (χ0n) is 13.7. The molecule has 0 unspecified atom stereocenters. The number of nitrogens with two attached hydrogens (primary N) is 2. The lowest BCUT2D eigenvalue weighted by molar-refractivity contribution is -0.384. The van der Waals surface area contributed by atoms with Crippen molar-refractivity contribution < 1.29 is 19.2 Å². The SMILES string of the molecule is COc1cc(/C=N/N=C(N)N)ccc1OC(=O)c1cccc([N+](=O)[O-])c1. The molecule has 0 saturated heterocycles. The number of esters is 1. The van der Waals surface area contributed by atoms with Crippen LogP contribution in [0.25, 0.3) is 0 Å². The van der Waals surface area contributed by atoms with E-state index < -0.39 is 10.9 Å². The summed E-state index contributed by atoms with van der Waals surface area (Å²) in [5.41, 5.74) is 10.8. The van der Waals surface area contributed by atoms with Gasteiger partial charge in [0.05, 0.1) is 23.8 Å². The van der Waals surface area contributed by atoms with Crippen LogP contribution in [-0.4, -0.2) is 30.2 Å². The number of carbonyl (C=O) groups is 1. The summed E-state index contributed by atoms with van der Waals surface area (Å²) in [7, 11) is 1.40. The van der Waals surface area contributed by atoms with Gasteiger partial charge in [0, 0.05) is 12.1 Å². The summed E-state index contributed by atoms with van der Waals surface area (Å²) in [5, 5.41) is 17.9. The van der Waals surface area contributed by atoms with Gasteiger partial charge in [-0.15, -0.1) is 5.10 Å². The van der Waals surface area contributed by atoms with Crippen molar-refractivity contribution in [3.63, 3.8) is 0 Å². The van der Waals surface area contributed by atoms with Crippen LogP contribution >= 0.6 is 0 Å². The number of benzene rings is 2. The number of non-ortho nitro benzene ring substituents is 1. The van der Waals surface area contributed by atoms with Crippen LogP contribution < -0.4 is 20.9 Å². The van der Waals surface area contributed by atoms with E-state index in [1.54, 1.807) is 12.1 Å². The van der Waals surface area contributed by atoms with Gasteiger partial charge in [0.15, 0.2) is 11.5 Å². The topological polar surface area (TPSA) is 155 Å². The third kappa shape index (κ3) is 4.77. The maximum Gasteiger partial charge on any atom is 0.343 e. The molecule has 10 heteroatoms. The van der Waals surface area contributed by atoms with Gasteiger partial charge in [0.25, 0.3) is 5.69 Å². The van der Waals surface area contributed by atoms with Gasteiger partial charge in [-0.1, -0.05) is 6.07 Å². The summed E-state index contributed by atoms with van der Waals surface area (Å²) >= 11 is 0. The molecule has 0 amide bonds. The minimum atomic E-state index is -0.756. The minimum Gasteiger partial charge on any atom is -0.493 e. The van der Waals surface area contributed by atoms with Crippen molar-refractivity contribution in [2.75, 3.05) is 7.11 Å². The molecule has 0 aliphatic heterocycles. The largest absolute Gasteiger partial charge is 0.493 e. The summed E-state index contributed by atoms with van der Waals surface area (Å²) in [5.74, 6) is -0.537. The number of hydrogen-bond donors (Lipinski definition) is 2. The monoisotopic (exact) mass is 357 g/mol. The smallest absolute Gasteiger partial charge is 0.343 e. The van der Waals surface area contributed by atoms with E-state index in [4.69, 9.17) is 20.9 Å². The average molecular weight is 357 g/mol. The fraction of sp³-hybridized carbons (Fsp3) is 0.0625. The lowest BCUT2D eigenvalue weighted by Crippen LogP contribution is -2.21. The molecular formula is C16H15N5O5. The van der Waals surface area contributed by atoms with E-state index in [-0.39, 0.29) is 28.7 Å². The Bertz CT molecular complexity index is 890. The number of nitro benzene ring substituents is 1. The van der Waals surface area contributed by atoms with Crippen LogP contribution in [0.2, 0.25) is 0 Å². The van der Waals surface area contributed by atoms with Crippen LogP contribution in [0, 0.1) is 10.1 Å². The zero-order chi connectivity index (χ0) is 19.1. The van der Waals surface area contributed by atoms with Gasteiger partial charge in [0.1, 0.15) is 0 Å². The van der Waals surface area contributed by atoms with Gasteiger partial charge in [-0.2, -0.15) is 5.10 Å². The summed E-state index contributed by atoms with van der Waals surface area (Å²) in [6.07, 6.45) is 1.38. The first-order valence-corrected chi connectivity index (χ1v) is 7.17. The van der Waals surface area contributed by atoms with E-state index in [1.165, 1.54) is 37.6 Å². The lowest BCUT2D eigenvalue weighted by Gasteiger charge is -2.09. The molecule has 0 saturated carbocycles. The Labute approximate surface area is 147 Å². The van der Waals surface area contributed by atoms with Gasteiger partial charge in [0.2, 0.25) is 5.96 Å². The Balaban J connectivity index is 2.22. The van der Waals surface area contributed by atoms with E-state index in [2.05, 4.69) is 10.2 Å². The van der Waals surface area contributed by atoms with Crippen LogP contribution in [0.1, 0.15) is 15.9 Å². The Hall–Kier alpha value is -3.95. The molecule has 0 spiro atoms. The molecule has 0 radical (unpaired) electrons. The summed E-state index contributed by atoms with van der Waals surface area (Å²) < 4.78 is 10.4. The van der Waals surface area contributed by atoms with Crippen LogP contribution in [0.15, 0.2) is 52.7 Å². The molecule has 0 heterocycles. The highest BCUT2D eigenvalue weighted by molar-refractivity contribution is 5.92. The van der Waals surface area contributed by atoms with Gasteiger partial charge in [-0.3, -0.25) is 10.1 Å². The van der Waals surface area contributed by atoms with Crippen molar-refractivity contribution in [1.82, 2.24) is 0 Å². The van der Waals surface area contributed by atoms with E-state index in [0.717, 1.165) is 6.07 Å². The van der Waals surface area contributed by atoms with E-state index >= 15 is 0 Å². The van der Waals surface area contributed by atoms with E-state index in [1.807, 2.05) is 0 Å². The second kappa shape index (κ2) is 8.24. The molecule has 2 rings (SSSR count). The highest BCUT2D eigenvalue weighted by Crippen LogP contribution is 2.28. The summed E-state index contributed by atoms with van der Waals surface area (Å²) in [6.45, 7) is 0. The Morgan fingerprint density at radius 2 is 1.96 bits per heavy atom. The normalized spacial score (nSPS) is 10.3. The molecule has 2 aromatic rings. The fourth-order valence-corrected chi connectivity index (χ4v) is 1.92. The third-order valence-corrected chi connectivity index (χ3v) is 3.06. The Morgan fingerprint density at radius 1 is 1.19 bits per heavy atom. The number of nitrogens with zero attached hydrogens (tertiary/aromatic N) is 3. The highest BCUT2D eigenvalue weighted by Gasteiger charge is 2.15. The fourth-order valence-electron chi connectivity index (χ4n) is 1.92. The number of hydrogen-bond acceptors (Lipinski definition) is 7. The van der Waals surface area contributed by atoms with Crippen molar-refractivity contribution in [3.05, 3.63) is 63.7 Å². The molecule has 26 heavy (non-hydrogen) atoms. The second-order valence-corrected chi connectivity index (χ2v) is 4.88.